The Balaban J connectivity index is 2.37. The van der Waals surface area contributed by atoms with Crippen LogP contribution in [0.2, 0.25) is 10.0 Å². The number of halogens is 4. The summed E-state index contributed by atoms with van der Waals surface area (Å²) in [6.45, 7) is 0. The van der Waals surface area contributed by atoms with Crippen molar-refractivity contribution in [2.24, 2.45) is 0 Å². The Labute approximate surface area is 133 Å². The second-order valence-corrected chi connectivity index (χ2v) is 5.62. The SMILES string of the molecule is CNc1nc(Nc2ccc(F)cc2I)c(Cl)cc1Cl. The third-order valence-corrected chi connectivity index (χ3v) is 3.82. The molecule has 100 valence electrons. The first-order chi connectivity index (χ1) is 9.01. The first-order valence-electron chi connectivity index (χ1n) is 5.27. The first kappa shape index (κ1) is 14.6. The summed E-state index contributed by atoms with van der Waals surface area (Å²) < 4.78 is 13.8. The van der Waals surface area contributed by atoms with E-state index in [1.165, 1.54) is 12.1 Å². The van der Waals surface area contributed by atoms with Crippen molar-refractivity contribution in [1.82, 2.24) is 4.98 Å². The first-order valence-corrected chi connectivity index (χ1v) is 7.10. The van der Waals surface area contributed by atoms with Gasteiger partial charge in [-0.05, 0) is 46.9 Å². The van der Waals surface area contributed by atoms with Crippen molar-refractivity contribution in [3.63, 3.8) is 0 Å². The molecule has 0 saturated carbocycles. The summed E-state index contributed by atoms with van der Waals surface area (Å²) in [6, 6.07) is 6.02. The Morgan fingerprint density at radius 1 is 1.16 bits per heavy atom. The quantitative estimate of drug-likeness (QED) is 0.704. The van der Waals surface area contributed by atoms with Gasteiger partial charge in [0.1, 0.15) is 11.6 Å². The van der Waals surface area contributed by atoms with E-state index in [1.807, 2.05) is 22.6 Å². The summed E-state index contributed by atoms with van der Waals surface area (Å²) in [5.74, 6) is 0.687. The van der Waals surface area contributed by atoms with Crippen LogP contribution < -0.4 is 10.6 Å². The second-order valence-electron chi connectivity index (χ2n) is 3.65. The van der Waals surface area contributed by atoms with E-state index in [0.29, 0.717) is 21.7 Å². The average Bonchev–Trinajstić information content (AvgIpc) is 2.35. The van der Waals surface area contributed by atoms with Crippen molar-refractivity contribution in [2.45, 2.75) is 0 Å². The molecule has 0 fully saturated rings. The van der Waals surface area contributed by atoms with Crippen LogP contribution in [0.5, 0.6) is 0 Å². The third kappa shape index (κ3) is 3.40. The maximum absolute atomic E-state index is 13.0. The molecule has 0 aliphatic heterocycles. The van der Waals surface area contributed by atoms with Crippen LogP contribution >= 0.6 is 45.8 Å². The van der Waals surface area contributed by atoms with Gasteiger partial charge in [-0.3, -0.25) is 0 Å². The van der Waals surface area contributed by atoms with Crippen LogP contribution in [0.25, 0.3) is 0 Å². The molecule has 0 spiro atoms. The van der Waals surface area contributed by atoms with E-state index >= 15 is 0 Å². The van der Waals surface area contributed by atoms with Crippen molar-refractivity contribution in [3.05, 3.63) is 43.7 Å². The topological polar surface area (TPSA) is 37.0 Å². The molecule has 0 unspecified atom stereocenters. The molecule has 19 heavy (non-hydrogen) atoms. The lowest BCUT2D eigenvalue weighted by Crippen LogP contribution is -2.01. The van der Waals surface area contributed by atoms with Crippen LogP contribution in [0.15, 0.2) is 24.3 Å². The summed E-state index contributed by atoms with van der Waals surface area (Å²) >= 11 is 14.1. The number of aromatic nitrogens is 1. The van der Waals surface area contributed by atoms with E-state index in [9.17, 15) is 4.39 Å². The normalized spacial score (nSPS) is 10.4. The highest BCUT2D eigenvalue weighted by Gasteiger charge is 2.10. The molecule has 0 aliphatic carbocycles. The van der Waals surface area contributed by atoms with E-state index in [2.05, 4.69) is 15.6 Å². The molecule has 1 aromatic carbocycles. The summed E-state index contributed by atoms with van der Waals surface area (Å²) in [5.41, 5.74) is 0.723. The van der Waals surface area contributed by atoms with E-state index in [-0.39, 0.29) is 5.82 Å². The van der Waals surface area contributed by atoms with E-state index in [1.54, 1.807) is 19.2 Å². The van der Waals surface area contributed by atoms with Gasteiger partial charge in [-0.25, -0.2) is 9.37 Å². The fraction of sp³-hybridized carbons (Fsp3) is 0.0833. The van der Waals surface area contributed by atoms with Crippen LogP contribution in [-0.2, 0) is 0 Å². The number of anilines is 3. The number of benzene rings is 1. The zero-order chi connectivity index (χ0) is 14.0. The van der Waals surface area contributed by atoms with Gasteiger partial charge in [0.15, 0.2) is 5.82 Å². The Morgan fingerprint density at radius 3 is 2.47 bits per heavy atom. The molecule has 0 bridgehead atoms. The molecule has 2 aromatic rings. The van der Waals surface area contributed by atoms with Crippen molar-refractivity contribution in [2.75, 3.05) is 17.7 Å². The van der Waals surface area contributed by atoms with Gasteiger partial charge in [-0.15, -0.1) is 0 Å². The number of nitrogens with one attached hydrogen (secondary N) is 2. The standard InChI is InChI=1S/C12H9Cl2FIN3/c1-17-11-7(13)5-8(14)12(19-11)18-10-3-2-6(15)4-9(10)16/h2-5H,1H3,(H2,17,18,19). The van der Waals surface area contributed by atoms with E-state index < -0.39 is 0 Å². The lowest BCUT2D eigenvalue weighted by atomic mass is 10.3. The Morgan fingerprint density at radius 2 is 1.84 bits per heavy atom. The molecule has 1 aromatic heterocycles. The maximum Gasteiger partial charge on any atom is 0.151 e. The zero-order valence-corrected chi connectivity index (χ0v) is 13.4. The maximum atomic E-state index is 13.0. The summed E-state index contributed by atoms with van der Waals surface area (Å²) in [6.07, 6.45) is 0. The molecule has 2 N–H and O–H groups in total. The number of pyridine rings is 1. The van der Waals surface area contributed by atoms with E-state index in [4.69, 9.17) is 23.2 Å². The summed E-state index contributed by atoms with van der Waals surface area (Å²) in [4.78, 5) is 4.27. The van der Waals surface area contributed by atoms with Crippen molar-refractivity contribution >= 4 is 63.1 Å². The van der Waals surface area contributed by atoms with Crippen LogP contribution in [0.3, 0.4) is 0 Å². The summed E-state index contributed by atoms with van der Waals surface area (Å²) in [7, 11) is 1.72. The number of hydrogen-bond donors (Lipinski definition) is 2. The fourth-order valence-electron chi connectivity index (χ4n) is 1.45. The predicted molar refractivity (Wildman–Crippen MR) is 86.2 cm³/mol. The minimum absolute atomic E-state index is 0.291. The van der Waals surface area contributed by atoms with Crippen LogP contribution in [0.4, 0.5) is 21.7 Å². The molecule has 3 nitrogen and oxygen atoms in total. The highest BCUT2D eigenvalue weighted by atomic mass is 127. The van der Waals surface area contributed by atoms with Crippen LogP contribution in [0, 0.1) is 9.39 Å². The lowest BCUT2D eigenvalue weighted by Gasteiger charge is -2.12. The van der Waals surface area contributed by atoms with E-state index in [0.717, 1.165) is 9.26 Å². The number of hydrogen-bond acceptors (Lipinski definition) is 3. The minimum Gasteiger partial charge on any atom is -0.372 e. The largest absolute Gasteiger partial charge is 0.372 e. The van der Waals surface area contributed by atoms with Crippen LogP contribution in [-0.4, -0.2) is 12.0 Å². The van der Waals surface area contributed by atoms with Gasteiger partial charge in [0.05, 0.1) is 15.7 Å². The van der Waals surface area contributed by atoms with Crippen molar-refractivity contribution in [3.8, 4) is 0 Å². The van der Waals surface area contributed by atoms with Crippen molar-refractivity contribution < 1.29 is 4.39 Å². The highest BCUT2D eigenvalue weighted by Crippen LogP contribution is 2.32. The molecular weight excluding hydrogens is 403 g/mol. The molecule has 7 heteroatoms. The smallest absolute Gasteiger partial charge is 0.151 e. The Bertz CT molecular complexity index is 622. The molecular formula is C12H9Cl2FIN3. The second kappa shape index (κ2) is 6.11. The van der Waals surface area contributed by atoms with Gasteiger partial charge >= 0.3 is 0 Å². The minimum atomic E-state index is -0.291. The predicted octanol–water partition coefficient (Wildman–Crippen LogP) is 4.92. The fourth-order valence-corrected chi connectivity index (χ4v) is 2.56. The van der Waals surface area contributed by atoms with Crippen molar-refractivity contribution in [1.29, 1.82) is 0 Å². The Hall–Kier alpha value is -0.790. The lowest BCUT2D eigenvalue weighted by molar-refractivity contribution is 0.627. The molecule has 1 heterocycles. The third-order valence-electron chi connectivity index (χ3n) is 2.35. The molecule has 0 aliphatic rings. The molecule has 0 radical (unpaired) electrons. The number of nitrogens with zero attached hydrogens (tertiary/aromatic N) is 1. The molecule has 2 rings (SSSR count). The monoisotopic (exact) mass is 411 g/mol. The average molecular weight is 412 g/mol. The van der Waals surface area contributed by atoms with Gasteiger partial charge in [0.2, 0.25) is 0 Å². The highest BCUT2D eigenvalue weighted by molar-refractivity contribution is 14.1. The number of rotatable bonds is 3. The van der Waals surface area contributed by atoms with Gasteiger partial charge in [0.25, 0.3) is 0 Å². The van der Waals surface area contributed by atoms with Gasteiger partial charge < -0.3 is 10.6 Å². The van der Waals surface area contributed by atoms with Gasteiger partial charge in [-0.1, -0.05) is 23.2 Å². The summed E-state index contributed by atoms with van der Waals surface area (Å²) in [5, 5.41) is 6.75. The molecule has 0 amide bonds. The molecule has 0 atom stereocenters. The van der Waals surface area contributed by atoms with Crippen LogP contribution in [0.1, 0.15) is 0 Å². The Kier molecular flexibility index (Phi) is 4.70. The molecule has 0 saturated heterocycles. The zero-order valence-electron chi connectivity index (χ0n) is 9.77. The van der Waals surface area contributed by atoms with Gasteiger partial charge in [-0.2, -0.15) is 0 Å². The van der Waals surface area contributed by atoms with Gasteiger partial charge in [0, 0.05) is 10.6 Å².